The Morgan fingerprint density at radius 2 is 1.77 bits per heavy atom. The van der Waals surface area contributed by atoms with Gasteiger partial charge in [-0.3, -0.25) is 4.57 Å². The standard InChI is InChI=1S/C26H30N6O6S/c1-5-38-21-11-6-8-16(28-21)25-29-24-18(32(25)22-19(36-3)9-7-10-20(22)37-4)12-17(30-31-24)23(39(27,34)35)15-13-26(2,33)14-15/h6-12,15,23,33H,5,13-14H2,1-4H3,(H2,27,34,35). The van der Waals surface area contributed by atoms with Crippen LogP contribution in [0, 0.1) is 5.92 Å². The molecule has 1 aliphatic rings. The molecule has 0 amide bonds. The summed E-state index contributed by atoms with van der Waals surface area (Å²) in [5.74, 6) is 1.35. The predicted molar refractivity (Wildman–Crippen MR) is 143 cm³/mol. The molecule has 4 aromatic rings. The van der Waals surface area contributed by atoms with Gasteiger partial charge in [0.05, 0.1) is 37.6 Å². The fourth-order valence-corrected chi connectivity index (χ4v) is 6.40. The van der Waals surface area contributed by atoms with Crippen LogP contribution in [0.25, 0.3) is 28.4 Å². The maximum Gasteiger partial charge on any atom is 0.218 e. The summed E-state index contributed by atoms with van der Waals surface area (Å²) >= 11 is 0. The number of sulfonamides is 1. The minimum absolute atomic E-state index is 0.156. The van der Waals surface area contributed by atoms with Gasteiger partial charge in [0.15, 0.2) is 5.82 Å². The molecule has 39 heavy (non-hydrogen) atoms. The van der Waals surface area contributed by atoms with Gasteiger partial charge in [-0.2, -0.15) is 5.10 Å². The normalized spacial score (nSPS) is 19.9. The molecule has 5 rings (SSSR count). The van der Waals surface area contributed by atoms with Gasteiger partial charge in [0.25, 0.3) is 0 Å². The summed E-state index contributed by atoms with van der Waals surface area (Å²) in [5.41, 5.74) is 0.887. The van der Waals surface area contributed by atoms with Gasteiger partial charge < -0.3 is 19.3 Å². The highest BCUT2D eigenvalue weighted by atomic mass is 32.2. The molecule has 1 saturated carbocycles. The first-order chi connectivity index (χ1) is 18.6. The molecule has 12 nitrogen and oxygen atoms in total. The van der Waals surface area contributed by atoms with E-state index in [2.05, 4.69) is 15.2 Å². The lowest BCUT2D eigenvalue weighted by Gasteiger charge is -2.43. The number of ether oxygens (including phenoxy) is 3. The zero-order chi connectivity index (χ0) is 27.9. The lowest BCUT2D eigenvalue weighted by molar-refractivity contribution is -0.0584. The summed E-state index contributed by atoms with van der Waals surface area (Å²) < 4.78 is 44.2. The van der Waals surface area contributed by atoms with Crippen LogP contribution in [0.2, 0.25) is 0 Å². The van der Waals surface area contributed by atoms with Crippen LogP contribution in [0.4, 0.5) is 0 Å². The summed E-state index contributed by atoms with van der Waals surface area (Å²) in [7, 11) is -1.00. The van der Waals surface area contributed by atoms with Gasteiger partial charge in [-0.15, -0.1) is 5.10 Å². The van der Waals surface area contributed by atoms with Gasteiger partial charge in [-0.25, -0.2) is 23.5 Å². The lowest BCUT2D eigenvalue weighted by atomic mass is 9.70. The maximum atomic E-state index is 12.7. The van der Waals surface area contributed by atoms with Crippen LogP contribution in [0.3, 0.4) is 0 Å². The Balaban J connectivity index is 1.79. The number of hydrogen-bond acceptors (Lipinski definition) is 10. The molecule has 0 radical (unpaired) electrons. The van der Waals surface area contributed by atoms with Crippen molar-refractivity contribution in [1.29, 1.82) is 0 Å². The summed E-state index contributed by atoms with van der Waals surface area (Å²) in [6, 6.07) is 12.3. The third kappa shape index (κ3) is 5.00. The number of fused-ring (bicyclic) bond motifs is 1. The molecule has 1 fully saturated rings. The number of pyridine rings is 1. The van der Waals surface area contributed by atoms with Gasteiger partial charge in [0, 0.05) is 6.07 Å². The van der Waals surface area contributed by atoms with E-state index in [1.54, 1.807) is 54.0 Å². The molecule has 3 heterocycles. The molecule has 3 N–H and O–H groups in total. The Labute approximate surface area is 225 Å². The fraction of sp³-hybridized carbons (Fsp3) is 0.385. The highest BCUT2D eigenvalue weighted by Crippen LogP contribution is 2.47. The van der Waals surface area contributed by atoms with E-state index in [1.165, 1.54) is 14.2 Å². The first-order valence-corrected chi connectivity index (χ1v) is 14.0. The smallest absolute Gasteiger partial charge is 0.218 e. The van der Waals surface area contributed by atoms with Gasteiger partial charge in [0.1, 0.15) is 28.1 Å². The minimum Gasteiger partial charge on any atom is -0.494 e. The number of aliphatic hydroxyl groups is 1. The first-order valence-electron chi connectivity index (χ1n) is 12.4. The molecule has 13 heteroatoms. The molecular weight excluding hydrogens is 524 g/mol. The monoisotopic (exact) mass is 554 g/mol. The Bertz CT molecular complexity index is 1610. The van der Waals surface area contributed by atoms with E-state index in [0.29, 0.717) is 46.7 Å². The van der Waals surface area contributed by atoms with Gasteiger partial charge in [0.2, 0.25) is 21.6 Å². The van der Waals surface area contributed by atoms with Crippen LogP contribution in [0.5, 0.6) is 17.4 Å². The predicted octanol–water partition coefficient (Wildman–Crippen LogP) is 2.78. The number of methoxy groups -OCH3 is 2. The molecule has 0 spiro atoms. The van der Waals surface area contributed by atoms with Crippen LogP contribution in [-0.4, -0.2) is 64.7 Å². The first kappa shape index (κ1) is 26.8. The second kappa shape index (κ2) is 10.1. The Morgan fingerprint density at radius 3 is 2.36 bits per heavy atom. The zero-order valence-electron chi connectivity index (χ0n) is 22.0. The maximum absolute atomic E-state index is 12.7. The number of primary sulfonamides is 1. The third-order valence-corrected chi connectivity index (χ3v) is 8.12. The topological polar surface area (TPSA) is 165 Å². The quantitative estimate of drug-likeness (QED) is 0.314. The number of rotatable bonds is 9. The molecule has 3 aromatic heterocycles. The van der Waals surface area contributed by atoms with E-state index in [9.17, 15) is 13.5 Å². The van der Waals surface area contributed by atoms with Gasteiger partial charge in [-0.05, 0) is 56.9 Å². The van der Waals surface area contributed by atoms with E-state index in [-0.39, 0.29) is 24.2 Å². The highest BCUT2D eigenvalue weighted by Gasteiger charge is 2.47. The zero-order valence-corrected chi connectivity index (χ0v) is 22.8. The molecule has 1 atom stereocenters. The van der Waals surface area contributed by atoms with Crippen LogP contribution in [-0.2, 0) is 10.0 Å². The molecule has 206 valence electrons. The summed E-state index contributed by atoms with van der Waals surface area (Å²) in [4.78, 5) is 9.33. The van der Waals surface area contributed by atoms with Crippen LogP contribution in [0.1, 0.15) is 37.6 Å². The van der Waals surface area contributed by atoms with Crippen molar-refractivity contribution in [1.82, 2.24) is 24.7 Å². The summed E-state index contributed by atoms with van der Waals surface area (Å²) in [6.45, 7) is 3.96. The molecule has 0 aliphatic heterocycles. The van der Waals surface area contributed by atoms with Crippen LogP contribution >= 0.6 is 0 Å². The Hall–Kier alpha value is -3.81. The van der Waals surface area contributed by atoms with E-state index in [1.807, 2.05) is 6.92 Å². The summed E-state index contributed by atoms with van der Waals surface area (Å²) in [5, 5.41) is 23.3. The average Bonchev–Trinajstić information content (AvgIpc) is 3.25. The minimum atomic E-state index is -4.08. The van der Waals surface area contributed by atoms with E-state index in [0.717, 1.165) is 0 Å². The lowest BCUT2D eigenvalue weighted by Crippen LogP contribution is -2.46. The van der Waals surface area contributed by atoms with E-state index >= 15 is 0 Å². The number of nitrogens with zero attached hydrogens (tertiary/aromatic N) is 5. The van der Waals surface area contributed by atoms with Crippen LogP contribution < -0.4 is 19.3 Å². The largest absolute Gasteiger partial charge is 0.494 e. The average molecular weight is 555 g/mol. The van der Waals surface area contributed by atoms with Crippen LogP contribution in [0.15, 0.2) is 42.5 Å². The van der Waals surface area contributed by atoms with Crippen molar-refractivity contribution >= 4 is 21.2 Å². The molecular formula is C26H30N6O6S. The molecule has 0 bridgehead atoms. The van der Waals surface area contributed by atoms with Crippen molar-refractivity contribution in [3.63, 3.8) is 0 Å². The van der Waals surface area contributed by atoms with Crippen molar-refractivity contribution in [2.45, 2.75) is 37.5 Å². The van der Waals surface area contributed by atoms with Crippen molar-refractivity contribution < 1.29 is 27.7 Å². The summed E-state index contributed by atoms with van der Waals surface area (Å²) in [6.07, 6.45) is 0.541. The molecule has 1 unspecified atom stereocenters. The SMILES string of the molecule is CCOc1cccc(-c2nc3nnc(C(C4CC(C)(O)C4)S(N)(=O)=O)cc3n2-c2c(OC)cccc2OC)n1. The number of nitrogens with two attached hydrogens (primary N) is 1. The van der Waals surface area contributed by atoms with Crippen molar-refractivity contribution in [2.75, 3.05) is 20.8 Å². The van der Waals surface area contributed by atoms with E-state index in [4.69, 9.17) is 24.3 Å². The Kier molecular flexibility index (Phi) is 6.91. The number of hydrogen-bond donors (Lipinski definition) is 2. The number of benzene rings is 1. The number of aromatic nitrogens is 5. The third-order valence-electron chi connectivity index (χ3n) is 6.79. The van der Waals surface area contributed by atoms with Crippen molar-refractivity contribution in [3.05, 3.63) is 48.2 Å². The fourth-order valence-electron chi connectivity index (χ4n) is 5.22. The van der Waals surface area contributed by atoms with Crippen molar-refractivity contribution in [3.8, 4) is 34.6 Å². The Morgan fingerprint density at radius 1 is 1.10 bits per heavy atom. The van der Waals surface area contributed by atoms with Gasteiger partial charge >= 0.3 is 0 Å². The second-order valence-corrected chi connectivity index (χ2v) is 11.4. The highest BCUT2D eigenvalue weighted by molar-refractivity contribution is 7.89. The number of para-hydroxylation sites is 1. The molecule has 0 saturated heterocycles. The van der Waals surface area contributed by atoms with Crippen molar-refractivity contribution in [2.24, 2.45) is 11.1 Å². The van der Waals surface area contributed by atoms with Gasteiger partial charge in [-0.1, -0.05) is 12.1 Å². The van der Waals surface area contributed by atoms with E-state index < -0.39 is 26.8 Å². The molecule has 1 aliphatic carbocycles. The molecule has 1 aromatic carbocycles. The second-order valence-electron chi connectivity index (χ2n) is 9.73. The number of imidazole rings is 1.